The van der Waals surface area contributed by atoms with Crippen LogP contribution in [0.5, 0.6) is 0 Å². The van der Waals surface area contributed by atoms with Crippen molar-refractivity contribution in [2.45, 2.75) is 0 Å². The third-order valence-electron chi connectivity index (χ3n) is 2.36. The number of anilines is 2. The lowest BCUT2D eigenvalue weighted by Crippen LogP contribution is -2.10. The number of aliphatic hydroxyl groups excluding tert-OH is 1. The molecule has 104 valence electrons. The normalized spacial score (nSPS) is 10.8. The second kappa shape index (κ2) is 6.83. The molecule has 0 radical (unpaired) electrons. The Kier molecular flexibility index (Phi) is 4.86. The fourth-order valence-corrected chi connectivity index (χ4v) is 1.62. The van der Waals surface area contributed by atoms with Crippen LogP contribution in [0.25, 0.3) is 0 Å². The standard InChI is InChI=1S/C13H14ClN5O/c1-19(9-20)18-17-13-8-12(5-6-15-13)16-11-4-2-3-10(14)7-11/h2-8,20H,9H2,1H3,(H,15,16). The monoisotopic (exact) mass is 291 g/mol. The van der Waals surface area contributed by atoms with Crippen LogP contribution in [0.3, 0.4) is 0 Å². The summed E-state index contributed by atoms with van der Waals surface area (Å²) in [6, 6.07) is 11.0. The minimum atomic E-state index is -0.204. The van der Waals surface area contributed by atoms with E-state index in [1.54, 1.807) is 19.3 Å². The number of benzene rings is 1. The van der Waals surface area contributed by atoms with Crippen molar-refractivity contribution in [2.24, 2.45) is 10.3 Å². The van der Waals surface area contributed by atoms with Gasteiger partial charge in [0.15, 0.2) is 5.82 Å². The van der Waals surface area contributed by atoms with Crippen LogP contribution in [0.15, 0.2) is 52.9 Å². The lowest BCUT2D eigenvalue weighted by molar-refractivity contribution is 0.129. The van der Waals surface area contributed by atoms with Gasteiger partial charge in [-0.15, -0.1) is 5.11 Å². The van der Waals surface area contributed by atoms with Crippen LogP contribution in [0, 0.1) is 0 Å². The molecule has 0 atom stereocenters. The fourth-order valence-electron chi connectivity index (χ4n) is 1.43. The topological polar surface area (TPSA) is 73.1 Å². The summed E-state index contributed by atoms with van der Waals surface area (Å²) in [6.07, 6.45) is 1.63. The highest BCUT2D eigenvalue weighted by atomic mass is 35.5. The molecule has 0 unspecified atom stereocenters. The smallest absolute Gasteiger partial charge is 0.178 e. The minimum Gasteiger partial charge on any atom is -0.375 e. The lowest BCUT2D eigenvalue weighted by Gasteiger charge is -2.07. The highest BCUT2D eigenvalue weighted by Gasteiger charge is 1.99. The molecule has 0 saturated carbocycles. The summed E-state index contributed by atoms with van der Waals surface area (Å²) in [6.45, 7) is -0.204. The summed E-state index contributed by atoms with van der Waals surface area (Å²) >= 11 is 5.93. The van der Waals surface area contributed by atoms with Crippen LogP contribution in [0.4, 0.5) is 17.2 Å². The first kappa shape index (κ1) is 14.2. The van der Waals surface area contributed by atoms with Crippen molar-refractivity contribution < 1.29 is 5.11 Å². The van der Waals surface area contributed by atoms with Crippen molar-refractivity contribution in [3.63, 3.8) is 0 Å². The van der Waals surface area contributed by atoms with Crippen LogP contribution in [-0.2, 0) is 0 Å². The van der Waals surface area contributed by atoms with Gasteiger partial charge in [0.05, 0.1) is 0 Å². The van der Waals surface area contributed by atoms with Gasteiger partial charge >= 0.3 is 0 Å². The number of pyridine rings is 1. The third kappa shape index (κ3) is 4.18. The van der Waals surface area contributed by atoms with Crippen LogP contribution in [0.1, 0.15) is 0 Å². The molecule has 0 aliphatic heterocycles. The van der Waals surface area contributed by atoms with Gasteiger partial charge in [-0.3, -0.25) is 5.01 Å². The quantitative estimate of drug-likeness (QED) is 0.503. The number of rotatable bonds is 5. The van der Waals surface area contributed by atoms with E-state index >= 15 is 0 Å². The minimum absolute atomic E-state index is 0.204. The molecule has 1 aromatic heterocycles. The van der Waals surface area contributed by atoms with Gasteiger partial charge in [0.2, 0.25) is 0 Å². The van der Waals surface area contributed by atoms with Gasteiger partial charge < -0.3 is 10.4 Å². The molecule has 0 amide bonds. The zero-order valence-electron chi connectivity index (χ0n) is 10.9. The summed E-state index contributed by atoms with van der Waals surface area (Å²) in [5.41, 5.74) is 1.70. The Labute approximate surface area is 121 Å². The molecule has 2 rings (SSSR count). The summed E-state index contributed by atoms with van der Waals surface area (Å²) in [7, 11) is 1.61. The SMILES string of the molecule is CN(CO)N=Nc1cc(Nc2cccc(Cl)c2)ccn1. The van der Waals surface area contributed by atoms with E-state index in [1.165, 1.54) is 5.01 Å². The molecular formula is C13H14ClN5O. The molecule has 0 bridgehead atoms. The second-order valence-corrected chi connectivity index (χ2v) is 4.46. The van der Waals surface area contributed by atoms with Gasteiger partial charge in [0.25, 0.3) is 0 Å². The summed E-state index contributed by atoms with van der Waals surface area (Å²) in [4.78, 5) is 4.07. The van der Waals surface area contributed by atoms with Crippen LogP contribution in [0.2, 0.25) is 5.02 Å². The largest absolute Gasteiger partial charge is 0.375 e. The van der Waals surface area contributed by atoms with Crippen molar-refractivity contribution in [1.82, 2.24) is 9.99 Å². The molecule has 0 saturated heterocycles. The Morgan fingerprint density at radius 2 is 2.10 bits per heavy atom. The first-order chi connectivity index (χ1) is 9.67. The van der Waals surface area contributed by atoms with Crippen LogP contribution >= 0.6 is 11.6 Å². The highest BCUT2D eigenvalue weighted by molar-refractivity contribution is 6.30. The highest BCUT2D eigenvalue weighted by Crippen LogP contribution is 2.22. The Morgan fingerprint density at radius 1 is 1.30 bits per heavy atom. The van der Waals surface area contributed by atoms with Crippen molar-refractivity contribution >= 4 is 28.8 Å². The maximum absolute atomic E-state index is 8.82. The van der Waals surface area contributed by atoms with E-state index < -0.39 is 0 Å². The van der Waals surface area contributed by atoms with Gasteiger partial charge in [-0.05, 0) is 24.3 Å². The Hall–Kier alpha value is -2.18. The maximum Gasteiger partial charge on any atom is 0.178 e. The second-order valence-electron chi connectivity index (χ2n) is 4.03. The van der Waals surface area contributed by atoms with Crippen molar-refractivity contribution in [1.29, 1.82) is 0 Å². The summed E-state index contributed by atoms with van der Waals surface area (Å²) in [5, 5.41) is 21.6. The Balaban J connectivity index is 2.12. The number of nitrogens with one attached hydrogen (secondary N) is 1. The predicted octanol–water partition coefficient (Wildman–Crippen LogP) is 3.36. The van der Waals surface area contributed by atoms with E-state index in [0.29, 0.717) is 10.8 Å². The number of hydrogen-bond acceptors (Lipinski definition) is 5. The first-order valence-corrected chi connectivity index (χ1v) is 6.27. The van der Waals surface area contributed by atoms with E-state index in [1.807, 2.05) is 30.3 Å². The van der Waals surface area contributed by atoms with Gasteiger partial charge in [-0.1, -0.05) is 22.9 Å². The average molecular weight is 292 g/mol. The summed E-state index contributed by atoms with van der Waals surface area (Å²) in [5.74, 6) is 0.442. The van der Waals surface area contributed by atoms with Gasteiger partial charge in [-0.2, -0.15) is 0 Å². The molecule has 0 aliphatic carbocycles. The van der Waals surface area contributed by atoms with E-state index in [2.05, 4.69) is 20.6 Å². The molecule has 0 fully saturated rings. The molecular weight excluding hydrogens is 278 g/mol. The zero-order valence-corrected chi connectivity index (χ0v) is 11.6. The number of halogens is 1. The van der Waals surface area contributed by atoms with E-state index in [9.17, 15) is 0 Å². The molecule has 1 aromatic carbocycles. The number of hydrogen-bond donors (Lipinski definition) is 2. The van der Waals surface area contributed by atoms with Crippen molar-refractivity contribution in [3.05, 3.63) is 47.6 Å². The van der Waals surface area contributed by atoms with E-state index in [0.717, 1.165) is 11.4 Å². The average Bonchev–Trinajstić information content (AvgIpc) is 2.45. The Bertz CT molecular complexity index is 605. The molecule has 6 nitrogen and oxygen atoms in total. The van der Waals surface area contributed by atoms with Gasteiger partial charge in [0.1, 0.15) is 6.73 Å². The molecule has 0 aliphatic rings. The van der Waals surface area contributed by atoms with E-state index in [4.69, 9.17) is 16.7 Å². The maximum atomic E-state index is 8.82. The zero-order chi connectivity index (χ0) is 14.4. The number of aromatic nitrogens is 1. The number of nitrogens with zero attached hydrogens (tertiary/aromatic N) is 4. The molecule has 7 heteroatoms. The van der Waals surface area contributed by atoms with Gasteiger partial charge in [0, 0.05) is 35.7 Å². The van der Waals surface area contributed by atoms with E-state index in [-0.39, 0.29) is 6.73 Å². The fraction of sp³-hybridized carbons (Fsp3) is 0.154. The third-order valence-corrected chi connectivity index (χ3v) is 2.60. The van der Waals surface area contributed by atoms with Crippen molar-refractivity contribution in [3.8, 4) is 0 Å². The lowest BCUT2D eigenvalue weighted by atomic mass is 10.3. The molecule has 1 heterocycles. The van der Waals surface area contributed by atoms with Crippen LogP contribution in [-0.4, -0.2) is 28.9 Å². The summed E-state index contributed by atoms with van der Waals surface area (Å²) < 4.78 is 0. The Morgan fingerprint density at radius 3 is 2.85 bits per heavy atom. The molecule has 2 N–H and O–H groups in total. The number of aliphatic hydroxyl groups is 1. The van der Waals surface area contributed by atoms with Crippen LogP contribution < -0.4 is 5.32 Å². The predicted molar refractivity (Wildman–Crippen MR) is 78.3 cm³/mol. The molecule has 0 spiro atoms. The van der Waals surface area contributed by atoms with Gasteiger partial charge in [-0.25, -0.2) is 4.98 Å². The molecule has 20 heavy (non-hydrogen) atoms. The molecule has 2 aromatic rings. The first-order valence-electron chi connectivity index (χ1n) is 5.89. The van der Waals surface area contributed by atoms with Crippen molar-refractivity contribution in [2.75, 3.05) is 19.1 Å².